The van der Waals surface area contributed by atoms with Gasteiger partial charge in [-0.1, -0.05) is 17.7 Å². The monoisotopic (exact) mass is 252 g/mol. The Bertz CT molecular complexity index is 375. The molecular formula is C13H17ClN2O. The zero-order valence-electron chi connectivity index (χ0n) is 9.73. The summed E-state index contributed by atoms with van der Waals surface area (Å²) in [4.78, 5) is 0. The van der Waals surface area contributed by atoms with E-state index >= 15 is 0 Å². The minimum absolute atomic E-state index is 0.0129. The van der Waals surface area contributed by atoms with E-state index in [1.807, 2.05) is 12.2 Å². The third-order valence-electron chi connectivity index (χ3n) is 3.35. The van der Waals surface area contributed by atoms with Crippen LogP contribution < -0.4 is 5.73 Å². The molecule has 0 radical (unpaired) electrons. The standard InChI is InChI=1S/C13H17ClN2O/c14-13-7-12(4-1-9(13)8-15)17-11-5-2-10(16)3-6-11/h1,7,10-12H,2-6,16H2. The van der Waals surface area contributed by atoms with Crippen molar-refractivity contribution in [1.82, 2.24) is 0 Å². The highest BCUT2D eigenvalue weighted by atomic mass is 35.5. The minimum Gasteiger partial charge on any atom is -0.371 e. The second-order valence-corrected chi connectivity index (χ2v) is 5.10. The van der Waals surface area contributed by atoms with Crippen molar-refractivity contribution in [3.63, 3.8) is 0 Å². The second kappa shape index (κ2) is 5.68. The number of hydrogen-bond acceptors (Lipinski definition) is 3. The molecule has 92 valence electrons. The number of nitriles is 1. The first-order chi connectivity index (χ1) is 8.19. The molecule has 0 saturated heterocycles. The Kier molecular flexibility index (Phi) is 4.22. The summed E-state index contributed by atoms with van der Waals surface area (Å²) < 4.78 is 5.97. The summed E-state index contributed by atoms with van der Waals surface area (Å²) >= 11 is 5.99. The highest BCUT2D eigenvalue weighted by Crippen LogP contribution is 2.27. The molecule has 4 heteroatoms. The highest BCUT2D eigenvalue weighted by molar-refractivity contribution is 6.32. The zero-order chi connectivity index (χ0) is 12.3. The Morgan fingerprint density at radius 2 is 2.06 bits per heavy atom. The third kappa shape index (κ3) is 3.32. The Labute approximate surface area is 107 Å². The average Bonchev–Trinajstić information content (AvgIpc) is 2.32. The fraction of sp³-hybridized carbons (Fsp3) is 0.615. The van der Waals surface area contributed by atoms with Gasteiger partial charge in [-0.2, -0.15) is 5.26 Å². The van der Waals surface area contributed by atoms with Crippen LogP contribution >= 0.6 is 11.6 Å². The van der Waals surface area contributed by atoms with E-state index in [0.29, 0.717) is 16.6 Å². The van der Waals surface area contributed by atoms with Gasteiger partial charge in [0.2, 0.25) is 0 Å². The topological polar surface area (TPSA) is 59.0 Å². The van der Waals surface area contributed by atoms with Gasteiger partial charge in [0, 0.05) is 6.04 Å². The van der Waals surface area contributed by atoms with Crippen molar-refractivity contribution >= 4 is 11.6 Å². The molecule has 1 saturated carbocycles. The summed E-state index contributed by atoms with van der Waals surface area (Å²) in [5, 5.41) is 9.31. The molecule has 17 heavy (non-hydrogen) atoms. The van der Waals surface area contributed by atoms with Crippen LogP contribution in [0.15, 0.2) is 22.8 Å². The second-order valence-electron chi connectivity index (χ2n) is 4.69. The molecule has 0 aromatic heterocycles. The van der Waals surface area contributed by atoms with Crippen molar-refractivity contribution in [2.45, 2.75) is 50.4 Å². The van der Waals surface area contributed by atoms with E-state index in [2.05, 4.69) is 6.07 Å². The fourth-order valence-electron chi connectivity index (χ4n) is 2.32. The van der Waals surface area contributed by atoms with Crippen molar-refractivity contribution in [2.75, 3.05) is 0 Å². The lowest BCUT2D eigenvalue weighted by Gasteiger charge is -2.29. The number of hydrogen-bond donors (Lipinski definition) is 1. The average molecular weight is 253 g/mol. The maximum absolute atomic E-state index is 8.80. The molecule has 2 rings (SSSR count). The van der Waals surface area contributed by atoms with Crippen molar-refractivity contribution in [3.8, 4) is 6.07 Å². The lowest BCUT2D eigenvalue weighted by Crippen LogP contribution is -2.32. The molecule has 0 amide bonds. The first kappa shape index (κ1) is 12.6. The van der Waals surface area contributed by atoms with Crippen molar-refractivity contribution in [1.29, 1.82) is 5.26 Å². The van der Waals surface area contributed by atoms with E-state index in [-0.39, 0.29) is 12.2 Å². The van der Waals surface area contributed by atoms with Crippen LogP contribution in [0.25, 0.3) is 0 Å². The van der Waals surface area contributed by atoms with Gasteiger partial charge in [-0.25, -0.2) is 0 Å². The summed E-state index contributed by atoms with van der Waals surface area (Å²) in [7, 11) is 0. The van der Waals surface area contributed by atoms with Crippen LogP contribution in [0.3, 0.4) is 0 Å². The van der Waals surface area contributed by atoms with Gasteiger partial charge >= 0.3 is 0 Å². The SMILES string of the molecule is N#CC1=CCC(OC2CCC(N)CC2)C=C1Cl. The van der Waals surface area contributed by atoms with Crippen molar-refractivity contribution in [3.05, 3.63) is 22.8 Å². The van der Waals surface area contributed by atoms with E-state index in [1.54, 1.807) is 0 Å². The molecule has 2 N–H and O–H groups in total. The summed E-state index contributed by atoms with van der Waals surface area (Å²) in [5.41, 5.74) is 6.41. The normalized spacial score (nSPS) is 33.6. The molecule has 0 aromatic rings. The van der Waals surface area contributed by atoms with Gasteiger partial charge in [-0.15, -0.1) is 0 Å². The molecule has 0 aromatic carbocycles. The van der Waals surface area contributed by atoms with Crippen LogP contribution in [-0.2, 0) is 4.74 Å². The molecule has 1 fully saturated rings. The van der Waals surface area contributed by atoms with Crippen molar-refractivity contribution < 1.29 is 4.74 Å². The maximum atomic E-state index is 8.80. The Morgan fingerprint density at radius 1 is 1.35 bits per heavy atom. The van der Waals surface area contributed by atoms with E-state index in [0.717, 1.165) is 32.1 Å². The summed E-state index contributed by atoms with van der Waals surface area (Å²) in [6.07, 6.45) is 8.85. The lowest BCUT2D eigenvalue weighted by molar-refractivity contribution is -0.00872. The Hall–Kier alpha value is -0.820. The molecular weight excluding hydrogens is 236 g/mol. The fourth-order valence-corrected chi connectivity index (χ4v) is 2.58. The van der Waals surface area contributed by atoms with Crippen LogP contribution in [0, 0.1) is 11.3 Å². The van der Waals surface area contributed by atoms with Crippen LogP contribution in [0.4, 0.5) is 0 Å². The molecule has 3 nitrogen and oxygen atoms in total. The van der Waals surface area contributed by atoms with E-state index in [1.165, 1.54) is 0 Å². The van der Waals surface area contributed by atoms with Gasteiger partial charge in [0.25, 0.3) is 0 Å². The number of nitrogens with two attached hydrogens (primary N) is 1. The van der Waals surface area contributed by atoms with E-state index in [4.69, 9.17) is 27.3 Å². The van der Waals surface area contributed by atoms with Crippen LogP contribution in [0.1, 0.15) is 32.1 Å². The molecule has 0 bridgehead atoms. The molecule has 1 atom stereocenters. The maximum Gasteiger partial charge on any atom is 0.100 e. The summed E-state index contributed by atoms with van der Waals surface area (Å²) in [6, 6.07) is 2.41. The van der Waals surface area contributed by atoms with Crippen LogP contribution in [0.5, 0.6) is 0 Å². The molecule has 2 aliphatic carbocycles. The van der Waals surface area contributed by atoms with Gasteiger partial charge in [-0.3, -0.25) is 0 Å². The smallest absolute Gasteiger partial charge is 0.100 e. The number of ether oxygens (including phenoxy) is 1. The predicted molar refractivity (Wildman–Crippen MR) is 67.4 cm³/mol. The third-order valence-corrected chi connectivity index (χ3v) is 3.68. The van der Waals surface area contributed by atoms with Crippen LogP contribution in [0.2, 0.25) is 0 Å². The van der Waals surface area contributed by atoms with Crippen molar-refractivity contribution in [2.24, 2.45) is 5.73 Å². The van der Waals surface area contributed by atoms with Gasteiger partial charge in [0.1, 0.15) is 6.07 Å². The Balaban J connectivity index is 1.86. The largest absolute Gasteiger partial charge is 0.371 e. The minimum atomic E-state index is 0.0129. The number of rotatable bonds is 2. The molecule has 0 aliphatic heterocycles. The van der Waals surface area contributed by atoms with E-state index in [9.17, 15) is 0 Å². The van der Waals surface area contributed by atoms with Gasteiger partial charge in [-0.05, 0) is 38.2 Å². The lowest BCUT2D eigenvalue weighted by atomic mass is 9.93. The summed E-state index contributed by atoms with van der Waals surface area (Å²) in [5.74, 6) is 0. The van der Waals surface area contributed by atoms with Crippen LogP contribution in [-0.4, -0.2) is 18.2 Å². The number of allylic oxidation sites excluding steroid dienone is 2. The first-order valence-corrected chi connectivity index (χ1v) is 6.46. The zero-order valence-corrected chi connectivity index (χ0v) is 10.5. The summed E-state index contributed by atoms with van der Waals surface area (Å²) in [6.45, 7) is 0. The highest BCUT2D eigenvalue weighted by Gasteiger charge is 2.23. The van der Waals surface area contributed by atoms with Gasteiger partial charge in [0.05, 0.1) is 22.8 Å². The van der Waals surface area contributed by atoms with E-state index < -0.39 is 0 Å². The van der Waals surface area contributed by atoms with Gasteiger partial charge < -0.3 is 10.5 Å². The number of nitrogens with zero attached hydrogens (tertiary/aromatic N) is 1. The van der Waals surface area contributed by atoms with Gasteiger partial charge in [0.15, 0.2) is 0 Å². The quantitative estimate of drug-likeness (QED) is 0.822. The first-order valence-electron chi connectivity index (χ1n) is 6.08. The number of halogens is 1. The molecule has 2 aliphatic rings. The molecule has 0 spiro atoms. The Morgan fingerprint density at radius 3 is 2.65 bits per heavy atom. The molecule has 0 heterocycles. The molecule has 1 unspecified atom stereocenters. The predicted octanol–water partition coefficient (Wildman–Crippen LogP) is 2.62.